The minimum atomic E-state index is -8.87. The van der Waals surface area contributed by atoms with E-state index in [1.54, 1.807) is 0 Å². The molecule has 0 rings (SSSR count). The van der Waals surface area contributed by atoms with Crippen LogP contribution in [0.2, 0.25) is 0 Å². The van der Waals surface area contributed by atoms with Gasteiger partial charge in [0.1, 0.15) is 10.0 Å². The molecule has 22 heteroatoms. The second-order valence-electron chi connectivity index (χ2n) is 4.96. The number of alkyl halides is 17. The van der Waals surface area contributed by atoms with E-state index in [-0.39, 0.29) is 18.9 Å². The number of hydrogen-bond acceptors (Lipinski definition) is 2. The van der Waals surface area contributed by atoms with Crippen LogP contribution in [0.1, 0.15) is 0 Å². The molecule has 0 aliphatic heterocycles. The molecule has 0 radical (unpaired) electrons. The van der Waals surface area contributed by atoms with E-state index < -0.39 is 57.0 Å². The van der Waals surface area contributed by atoms with Crippen molar-refractivity contribution in [1.82, 2.24) is 0 Å². The van der Waals surface area contributed by atoms with Crippen LogP contribution in [0.4, 0.5) is 74.6 Å². The first-order valence-electron chi connectivity index (χ1n) is 5.70. The van der Waals surface area contributed by atoms with E-state index in [4.69, 9.17) is 5.14 Å². The van der Waals surface area contributed by atoms with Gasteiger partial charge in [0, 0.05) is 0 Å². The molecule has 0 saturated carbocycles. The van der Waals surface area contributed by atoms with Gasteiger partial charge in [0.15, 0.2) is 0 Å². The van der Waals surface area contributed by atoms with Gasteiger partial charge >= 0.3 is 65.8 Å². The number of halogens is 17. The molecule has 30 heavy (non-hydrogen) atoms. The summed E-state index contributed by atoms with van der Waals surface area (Å²) in [4.78, 5) is 0. The Morgan fingerprint density at radius 3 is 0.833 bits per heavy atom. The molecule has 0 fully saturated rings. The van der Waals surface area contributed by atoms with Crippen molar-refractivity contribution in [2.24, 2.45) is 0 Å². The monoisotopic (exact) mass is 505 g/mol. The number of sulfonamides is 1. The molecule has 0 spiro atoms. The van der Waals surface area contributed by atoms with Gasteiger partial charge in [-0.2, -0.15) is 74.6 Å². The van der Waals surface area contributed by atoms with Gasteiger partial charge in [0.25, 0.3) is 0 Å². The van der Waals surface area contributed by atoms with Crippen molar-refractivity contribution in [3.8, 4) is 0 Å². The van der Waals surface area contributed by atoms with Crippen LogP contribution < -0.4 is 18.9 Å². The average Bonchev–Trinajstić information content (AvgIpc) is 2.43. The summed E-state index contributed by atoms with van der Waals surface area (Å²) in [5, 5.41) is -2.24. The fourth-order valence-corrected chi connectivity index (χ4v) is 1.78. The van der Waals surface area contributed by atoms with Gasteiger partial charge in [0.2, 0.25) is 0 Å². The predicted octanol–water partition coefficient (Wildman–Crippen LogP) is 2.34. The first-order valence-corrected chi connectivity index (χ1v) is 7.19. The van der Waals surface area contributed by atoms with E-state index in [0.29, 0.717) is 0 Å². The summed E-state index contributed by atoms with van der Waals surface area (Å²) >= 11 is 0. The number of nitrogens with one attached hydrogen (secondary N) is 1. The van der Waals surface area contributed by atoms with Crippen LogP contribution in [-0.4, -0.2) is 55.4 Å². The molecule has 0 aromatic heterocycles. The van der Waals surface area contributed by atoms with E-state index in [1.807, 2.05) is 0 Å². The molecule has 176 valence electrons. The third kappa shape index (κ3) is 3.72. The summed E-state index contributed by atoms with van der Waals surface area (Å²) in [6.45, 7) is 0. The maximum absolute atomic E-state index is 13.1. The Kier molecular flexibility index (Phi) is 7.81. The van der Waals surface area contributed by atoms with Crippen LogP contribution >= 0.6 is 0 Å². The molecule has 0 aromatic rings. The fraction of sp³-hybridized carbons (Fsp3) is 1.00. The van der Waals surface area contributed by atoms with Crippen LogP contribution in [0.3, 0.4) is 0 Å². The Labute approximate surface area is 165 Å². The first kappa shape index (κ1) is 31.5. The minimum absolute atomic E-state index is 0. The second-order valence-corrected chi connectivity index (χ2v) is 6.48. The van der Waals surface area contributed by atoms with Crippen molar-refractivity contribution in [3.63, 3.8) is 0 Å². The van der Waals surface area contributed by atoms with E-state index in [0.717, 1.165) is 0 Å². The molecule has 0 saturated heterocycles. The summed E-state index contributed by atoms with van der Waals surface area (Å²) in [6.07, 6.45) is -7.87. The third-order valence-electron chi connectivity index (χ3n) is 3.03. The Hall–Kier alpha value is -0.683. The van der Waals surface area contributed by atoms with Crippen molar-refractivity contribution in [2.45, 2.75) is 47.0 Å². The SMILES string of the molecule is [Li+].[NH-]S(=O)(=O)C(F)(F)C(F)(F)C(F)(F)C(F)(F)C(F)(F)C(F)(F)C(F)(F)C(F)(F)F. The molecule has 0 aliphatic rings. The summed E-state index contributed by atoms with van der Waals surface area (Å²) in [6, 6.07) is 0. The summed E-state index contributed by atoms with van der Waals surface area (Å²) < 4.78 is 235. The molecule has 0 heterocycles. The normalized spacial score (nSPS) is 16.3. The zero-order valence-electron chi connectivity index (χ0n) is 13.2. The van der Waals surface area contributed by atoms with E-state index in [1.165, 1.54) is 0 Å². The van der Waals surface area contributed by atoms with Crippen molar-refractivity contribution in [1.29, 1.82) is 0 Å². The van der Waals surface area contributed by atoms with E-state index >= 15 is 0 Å². The maximum Gasteiger partial charge on any atom is 1.00 e. The molecule has 0 bridgehead atoms. The smallest absolute Gasteiger partial charge is 0.559 e. The van der Waals surface area contributed by atoms with E-state index in [2.05, 4.69) is 0 Å². The van der Waals surface area contributed by atoms with Crippen molar-refractivity contribution in [3.05, 3.63) is 5.14 Å². The van der Waals surface area contributed by atoms with Crippen LogP contribution in [0.25, 0.3) is 5.14 Å². The fourth-order valence-electron chi connectivity index (χ4n) is 1.32. The van der Waals surface area contributed by atoms with Gasteiger partial charge in [0.05, 0.1) is 0 Å². The standard InChI is InChI=1S/C8HF17NO2S.Li/c9-1(10,3(13,14)5(17,18)7(21,22)23)2(11,12)4(15,16)6(19,20)8(24,25)29(26,27)28;/h(H-,26,27,28);/q-1;+1. The molecule has 1 N–H and O–H groups in total. The van der Waals surface area contributed by atoms with Gasteiger partial charge in [-0.3, -0.25) is 0 Å². The zero-order valence-corrected chi connectivity index (χ0v) is 14.0. The molecular formula is C8HF17LiNO2S. The molecule has 0 atom stereocenters. The average molecular weight is 505 g/mol. The van der Waals surface area contributed by atoms with Crippen molar-refractivity contribution >= 4 is 10.0 Å². The molecule has 0 aliphatic carbocycles. The summed E-state index contributed by atoms with van der Waals surface area (Å²) in [5.41, 5.74) is 0. The third-order valence-corrected chi connectivity index (χ3v) is 3.96. The van der Waals surface area contributed by atoms with Crippen LogP contribution in [-0.2, 0) is 10.0 Å². The van der Waals surface area contributed by atoms with Crippen molar-refractivity contribution < 1.29 is 102 Å². The Bertz CT molecular complexity index is 741. The topological polar surface area (TPSA) is 57.9 Å². The minimum Gasteiger partial charge on any atom is -0.559 e. The summed E-state index contributed by atoms with van der Waals surface area (Å²) in [7, 11) is -7.64. The molecule has 0 aromatic carbocycles. The zero-order chi connectivity index (χ0) is 24.5. The molecule has 0 unspecified atom stereocenters. The maximum atomic E-state index is 13.1. The number of rotatable bonds is 7. The second kappa shape index (κ2) is 7.43. The van der Waals surface area contributed by atoms with Gasteiger partial charge in [-0.05, 0) is 0 Å². The quantitative estimate of drug-likeness (QED) is 0.395. The van der Waals surface area contributed by atoms with Crippen LogP contribution in [0.15, 0.2) is 0 Å². The Morgan fingerprint density at radius 1 is 0.433 bits per heavy atom. The van der Waals surface area contributed by atoms with Gasteiger partial charge in [-0.25, -0.2) is 8.42 Å². The summed E-state index contributed by atoms with van der Waals surface area (Å²) in [5.74, 6) is -51.8. The Balaban J connectivity index is 0. The van der Waals surface area contributed by atoms with Gasteiger partial charge < -0.3 is 5.14 Å². The van der Waals surface area contributed by atoms with Gasteiger partial charge in [-0.15, -0.1) is 0 Å². The molecular weight excluding hydrogens is 504 g/mol. The van der Waals surface area contributed by atoms with Crippen LogP contribution in [0, 0.1) is 0 Å². The molecule has 0 amide bonds. The largest absolute Gasteiger partial charge is 1.00 e. The number of hydrogen-bond donors (Lipinski definition) is 0. The predicted molar refractivity (Wildman–Crippen MR) is 53.9 cm³/mol. The van der Waals surface area contributed by atoms with E-state index in [9.17, 15) is 83.1 Å². The van der Waals surface area contributed by atoms with Gasteiger partial charge in [-0.1, -0.05) is 0 Å². The molecule has 3 nitrogen and oxygen atoms in total. The Morgan fingerprint density at radius 2 is 0.633 bits per heavy atom. The first-order chi connectivity index (χ1) is 12.0. The van der Waals surface area contributed by atoms with Crippen molar-refractivity contribution in [2.75, 3.05) is 0 Å². The van der Waals surface area contributed by atoms with Crippen LogP contribution in [0.5, 0.6) is 0 Å².